The summed E-state index contributed by atoms with van der Waals surface area (Å²) < 4.78 is 5.12. The summed E-state index contributed by atoms with van der Waals surface area (Å²) in [5.74, 6) is 2.02. The van der Waals surface area contributed by atoms with E-state index in [4.69, 9.17) is 4.74 Å². The monoisotopic (exact) mass is 271 g/mol. The molecule has 0 bridgehead atoms. The minimum atomic E-state index is 0.409. The van der Waals surface area contributed by atoms with Crippen molar-refractivity contribution in [3.8, 4) is 11.3 Å². The second-order valence-electron chi connectivity index (χ2n) is 5.01. The molecule has 0 atom stereocenters. The van der Waals surface area contributed by atoms with Crippen LogP contribution in [0.1, 0.15) is 31.2 Å². The van der Waals surface area contributed by atoms with Gasteiger partial charge in [-0.1, -0.05) is 38.1 Å². The summed E-state index contributed by atoms with van der Waals surface area (Å²) in [5.41, 5.74) is 3.33. The molecule has 1 aromatic carbocycles. The highest BCUT2D eigenvalue weighted by Crippen LogP contribution is 2.23. The molecule has 0 radical (unpaired) electrons. The Balaban J connectivity index is 2.37. The smallest absolute Gasteiger partial charge is 0.157 e. The van der Waals surface area contributed by atoms with E-state index >= 15 is 0 Å². The van der Waals surface area contributed by atoms with Crippen LogP contribution in [-0.2, 0) is 11.3 Å². The maximum Gasteiger partial charge on any atom is 0.157 e. The van der Waals surface area contributed by atoms with Gasteiger partial charge in [-0.15, -0.1) is 0 Å². The number of ether oxygens (including phenoxy) is 1. The normalized spacial score (nSPS) is 10.8. The largest absolute Gasteiger partial charge is 0.377 e. The lowest BCUT2D eigenvalue weighted by molar-refractivity contribution is 0.178. The number of nitrogens with one attached hydrogen (secondary N) is 1. The van der Waals surface area contributed by atoms with Gasteiger partial charge in [0.1, 0.15) is 12.4 Å². The molecule has 4 nitrogen and oxygen atoms in total. The van der Waals surface area contributed by atoms with E-state index in [0.29, 0.717) is 18.3 Å². The van der Waals surface area contributed by atoms with Crippen molar-refractivity contribution in [2.45, 2.75) is 26.4 Å². The molecular formula is C16H21N3O. The Morgan fingerprint density at radius 3 is 2.40 bits per heavy atom. The van der Waals surface area contributed by atoms with Crippen LogP contribution in [0.5, 0.6) is 0 Å². The van der Waals surface area contributed by atoms with Crippen LogP contribution in [-0.4, -0.2) is 24.1 Å². The average molecular weight is 271 g/mol. The first-order valence-electron chi connectivity index (χ1n) is 6.79. The van der Waals surface area contributed by atoms with E-state index < -0.39 is 0 Å². The number of hydrogen-bond acceptors (Lipinski definition) is 4. The summed E-state index contributed by atoms with van der Waals surface area (Å²) in [6, 6.07) is 10.5. The molecule has 0 aliphatic heterocycles. The van der Waals surface area contributed by atoms with Crippen LogP contribution in [0.25, 0.3) is 11.3 Å². The highest BCUT2D eigenvalue weighted by atomic mass is 16.5. The van der Waals surface area contributed by atoms with Crippen molar-refractivity contribution in [3.05, 3.63) is 41.7 Å². The predicted molar refractivity (Wildman–Crippen MR) is 81.8 cm³/mol. The SMILES string of the molecule is CNc1cc(-c2ccc(C(C)C)cc2)nc(COC)n1. The summed E-state index contributed by atoms with van der Waals surface area (Å²) in [7, 11) is 3.50. The quantitative estimate of drug-likeness (QED) is 0.904. The Bertz CT molecular complexity index is 564. The molecule has 0 aliphatic rings. The molecule has 1 heterocycles. The van der Waals surface area contributed by atoms with Gasteiger partial charge in [-0.3, -0.25) is 0 Å². The first kappa shape index (κ1) is 14.5. The summed E-state index contributed by atoms with van der Waals surface area (Å²) >= 11 is 0. The van der Waals surface area contributed by atoms with Gasteiger partial charge in [0.25, 0.3) is 0 Å². The van der Waals surface area contributed by atoms with Crippen molar-refractivity contribution in [1.82, 2.24) is 9.97 Å². The van der Waals surface area contributed by atoms with Gasteiger partial charge in [-0.05, 0) is 11.5 Å². The van der Waals surface area contributed by atoms with Gasteiger partial charge in [0.05, 0.1) is 5.69 Å². The first-order valence-corrected chi connectivity index (χ1v) is 6.79. The molecule has 0 amide bonds. The van der Waals surface area contributed by atoms with Gasteiger partial charge in [0.15, 0.2) is 5.82 Å². The molecule has 0 fully saturated rings. The molecule has 0 saturated carbocycles. The molecule has 4 heteroatoms. The molecule has 106 valence electrons. The minimum absolute atomic E-state index is 0.409. The lowest BCUT2D eigenvalue weighted by atomic mass is 10.0. The van der Waals surface area contributed by atoms with Gasteiger partial charge in [-0.25, -0.2) is 9.97 Å². The topological polar surface area (TPSA) is 47.0 Å². The van der Waals surface area contributed by atoms with E-state index in [0.717, 1.165) is 17.1 Å². The molecule has 0 aliphatic carbocycles. The van der Waals surface area contributed by atoms with Crippen molar-refractivity contribution in [2.75, 3.05) is 19.5 Å². The van der Waals surface area contributed by atoms with E-state index in [-0.39, 0.29) is 0 Å². The van der Waals surface area contributed by atoms with Gasteiger partial charge < -0.3 is 10.1 Å². The number of anilines is 1. The van der Waals surface area contributed by atoms with Crippen LogP contribution in [0.15, 0.2) is 30.3 Å². The van der Waals surface area contributed by atoms with Crippen LogP contribution in [0.2, 0.25) is 0 Å². The Hall–Kier alpha value is -1.94. The predicted octanol–water partition coefficient (Wildman–Crippen LogP) is 3.46. The second-order valence-corrected chi connectivity index (χ2v) is 5.01. The van der Waals surface area contributed by atoms with E-state index in [9.17, 15) is 0 Å². The number of benzene rings is 1. The van der Waals surface area contributed by atoms with Crippen molar-refractivity contribution < 1.29 is 4.74 Å². The number of rotatable bonds is 5. The zero-order chi connectivity index (χ0) is 14.5. The van der Waals surface area contributed by atoms with E-state index in [1.165, 1.54) is 5.56 Å². The summed E-state index contributed by atoms with van der Waals surface area (Å²) in [4.78, 5) is 8.91. The standard InChI is InChI=1S/C16H21N3O/c1-11(2)12-5-7-13(8-6-12)14-9-15(17-3)19-16(18-14)10-20-4/h5-9,11H,10H2,1-4H3,(H,17,18,19). The minimum Gasteiger partial charge on any atom is -0.377 e. The Morgan fingerprint density at radius 1 is 1.15 bits per heavy atom. The van der Waals surface area contributed by atoms with Crippen molar-refractivity contribution >= 4 is 5.82 Å². The fourth-order valence-corrected chi connectivity index (χ4v) is 2.01. The zero-order valence-corrected chi connectivity index (χ0v) is 12.5. The van der Waals surface area contributed by atoms with E-state index in [1.54, 1.807) is 7.11 Å². The van der Waals surface area contributed by atoms with Gasteiger partial charge >= 0.3 is 0 Å². The van der Waals surface area contributed by atoms with Crippen LogP contribution < -0.4 is 5.32 Å². The molecule has 0 saturated heterocycles. The molecule has 1 aromatic heterocycles. The number of nitrogens with zero attached hydrogens (tertiary/aromatic N) is 2. The highest BCUT2D eigenvalue weighted by Gasteiger charge is 2.07. The van der Waals surface area contributed by atoms with Crippen molar-refractivity contribution in [3.63, 3.8) is 0 Å². The first-order chi connectivity index (χ1) is 9.63. The number of aromatic nitrogens is 2. The molecule has 0 spiro atoms. The highest BCUT2D eigenvalue weighted by molar-refractivity contribution is 5.62. The fourth-order valence-electron chi connectivity index (χ4n) is 2.01. The van der Waals surface area contributed by atoms with Gasteiger partial charge in [0, 0.05) is 25.8 Å². The molecule has 2 aromatic rings. The lowest BCUT2D eigenvalue weighted by Crippen LogP contribution is -2.02. The summed E-state index contributed by atoms with van der Waals surface area (Å²) in [5, 5.41) is 3.06. The van der Waals surface area contributed by atoms with Crippen molar-refractivity contribution in [1.29, 1.82) is 0 Å². The van der Waals surface area contributed by atoms with Gasteiger partial charge in [0.2, 0.25) is 0 Å². The molecule has 0 unspecified atom stereocenters. The van der Waals surface area contributed by atoms with E-state index in [1.807, 2.05) is 13.1 Å². The van der Waals surface area contributed by atoms with E-state index in [2.05, 4.69) is 53.4 Å². The summed E-state index contributed by atoms with van der Waals surface area (Å²) in [6.07, 6.45) is 0. The second kappa shape index (κ2) is 6.48. The maximum atomic E-state index is 5.12. The fraction of sp³-hybridized carbons (Fsp3) is 0.375. The molecular weight excluding hydrogens is 250 g/mol. The Labute approximate surface area is 120 Å². The number of hydrogen-bond donors (Lipinski definition) is 1. The molecule has 1 N–H and O–H groups in total. The van der Waals surface area contributed by atoms with Crippen LogP contribution >= 0.6 is 0 Å². The molecule has 20 heavy (non-hydrogen) atoms. The summed E-state index contributed by atoms with van der Waals surface area (Å²) in [6.45, 7) is 4.79. The van der Waals surface area contributed by atoms with Gasteiger partial charge in [-0.2, -0.15) is 0 Å². The maximum absolute atomic E-state index is 5.12. The third-order valence-electron chi connectivity index (χ3n) is 3.18. The Kier molecular flexibility index (Phi) is 4.69. The molecule has 2 rings (SSSR count). The average Bonchev–Trinajstić information content (AvgIpc) is 2.47. The Morgan fingerprint density at radius 2 is 1.85 bits per heavy atom. The van der Waals surface area contributed by atoms with Crippen LogP contribution in [0.4, 0.5) is 5.82 Å². The van der Waals surface area contributed by atoms with Crippen molar-refractivity contribution in [2.24, 2.45) is 0 Å². The van der Waals surface area contributed by atoms with Crippen LogP contribution in [0, 0.1) is 0 Å². The third-order valence-corrected chi connectivity index (χ3v) is 3.18. The van der Waals surface area contributed by atoms with Crippen LogP contribution in [0.3, 0.4) is 0 Å². The zero-order valence-electron chi connectivity index (χ0n) is 12.5. The number of methoxy groups -OCH3 is 1. The lowest BCUT2D eigenvalue weighted by Gasteiger charge is -2.09. The third kappa shape index (κ3) is 3.33.